The number of nitrogens with one attached hydrogen (secondary N) is 1. The molecule has 0 saturated carbocycles. The number of anilines is 3. The van der Waals surface area contributed by atoms with E-state index in [-0.39, 0.29) is 4.90 Å². The summed E-state index contributed by atoms with van der Waals surface area (Å²) in [4.78, 5) is 9.32. The number of pyridine rings is 1. The second-order valence-electron chi connectivity index (χ2n) is 7.32. The van der Waals surface area contributed by atoms with Crippen LogP contribution in [0.4, 0.5) is 17.2 Å². The molecule has 6 nitrogen and oxygen atoms in total. The minimum atomic E-state index is -3.62. The lowest BCUT2D eigenvalue weighted by Gasteiger charge is -2.36. The molecule has 0 aliphatic carbocycles. The highest BCUT2D eigenvalue weighted by atomic mass is 32.2. The average molecular weight is 423 g/mol. The molecule has 0 atom stereocenters. The van der Waals surface area contributed by atoms with Crippen molar-refractivity contribution in [1.82, 2.24) is 4.98 Å². The molecule has 4 rings (SSSR count). The first-order chi connectivity index (χ1) is 14.5. The Morgan fingerprint density at radius 2 is 1.53 bits per heavy atom. The van der Waals surface area contributed by atoms with Crippen LogP contribution in [-0.2, 0) is 16.4 Å². The largest absolute Gasteiger partial charge is 0.368 e. The maximum Gasteiger partial charge on any atom is 0.261 e. The van der Waals surface area contributed by atoms with Gasteiger partial charge in [0.05, 0.1) is 16.8 Å². The van der Waals surface area contributed by atoms with E-state index in [1.165, 1.54) is 5.69 Å². The summed E-state index contributed by atoms with van der Waals surface area (Å²) in [7, 11) is -3.62. The zero-order valence-corrected chi connectivity index (χ0v) is 17.8. The smallest absolute Gasteiger partial charge is 0.261 e. The molecule has 0 unspecified atom stereocenters. The molecule has 0 amide bonds. The van der Waals surface area contributed by atoms with E-state index in [2.05, 4.69) is 43.8 Å². The third-order valence-electron chi connectivity index (χ3n) is 5.37. The topological polar surface area (TPSA) is 65.5 Å². The monoisotopic (exact) mass is 422 g/mol. The SMILES string of the molecule is CCc1ccc(S(=O)(=O)Nc2ccc(N3CCN(c4ccccc4)CC3)nc2)cc1. The van der Waals surface area contributed by atoms with Crippen LogP contribution >= 0.6 is 0 Å². The lowest BCUT2D eigenvalue weighted by molar-refractivity contribution is 0.601. The van der Waals surface area contributed by atoms with Crippen LogP contribution in [0.25, 0.3) is 0 Å². The van der Waals surface area contributed by atoms with E-state index >= 15 is 0 Å². The van der Waals surface area contributed by atoms with Gasteiger partial charge in [0, 0.05) is 31.9 Å². The van der Waals surface area contributed by atoms with Crippen LogP contribution < -0.4 is 14.5 Å². The van der Waals surface area contributed by atoms with Gasteiger partial charge in [-0.15, -0.1) is 0 Å². The number of rotatable bonds is 6. The fourth-order valence-electron chi connectivity index (χ4n) is 3.58. The minimum Gasteiger partial charge on any atom is -0.368 e. The molecule has 1 fully saturated rings. The van der Waals surface area contributed by atoms with Crippen molar-refractivity contribution in [3.63, 3.8) is 0 Å². The minimum absolute atomic E-state index is 0.251. The predicted molar refractivity (Wildman–Crippen MR) is 122 cm³/mol. The molecule has 1 N–H and O–H groups in total. The summed E-state index contributed by atoms with van der Waals surface area (Å²) in [5, 5.41) is 0. The molecule has 2 heterocycles. The van der Waals surface area contributed by atoms with Crippen LogP contribution in [0.1, 0.15) is 12.5 Å². The summed E-state index contributed by atoms with van der Waals surface area (Å²) in [5.41, 5.74) is 2.80. The van der Waals surface area contributed by atoms with E-state index in [9.17, 15) is 8.42 Å². The van der Waals surface area contributed by atoms with Gasteiger partial charge >= 0.3 is 0 Å². The lowest BCUT2D eigenvalue weighted by Crippen LogP contribution is -2.46. The first-order valence-corrected chi connectivity index (χ1v) is 11.7. The molecule has 1 aliphatic rings. The van der Waals surface area contributed by atoms with Crippen LogP contribution in [0, 0.1) is 0 Å². The molecule has 3 aromatic rings. The fraction of sp³-hybridized carbons (Fsp3) is 0.261. The molecule has 1 aromatic heterocycles. The number of nitrogens with zero attached hydrogens (tertiary/aromatic N) is 3. The van der Waals surface area contributed by atoms with E-state index in [4.69, 9.17) is 0 Å². The highest BCUT2D eigenvalue weighted by Gasteiger charge is 2.19. The maximum atomic E-state index is 12.6. The summed E-state index contributed by atoms with van der Waals surface area (Å²) in [6.07, 6.45) is 2.45. The molecular formula is C23H26N4O2S. The van der Waals surface area contributed by atoms with Crippen molar-refractivity contribution in [2.24, 2.45) is 0 Å². The normalized spacial score (nSPS) is 14.6. The Morgan fingerprint density at radius 3 is 2.13 bits per heavy atom. The van der Waals surface area contributed by atoms with Crippen molar-refractivity contribution in [1.29, 1.82) is 0 Å². The summed E-state index contributed by atoms with van der Waals surface area (Å²) in [6, 6.07) is 21.0. The van der Waals surface area contributed by atoms with Crippen molar-refractivity contribution < 1.29 is 8.42 Å². The van der Waals surface area contributed by atoms with Crippen LogP contribution in [-0.4, -0.2) is 39.6 Å². The number of benzene rings is 2. The Balaban J connectivity index is 1.38. The average Bonchev–Trinajstić information content (AvgIpc) is 2.80. The van der Waals surface area contributed by atoms with E-state index in [1.54, 1.807) is 24.4 Å². The Kier molecular flexibility index (Phi) is 5.90. The van der Waals surface area contributed by atoms with Crippen molar-refractivity contribution in [2.75, 3.05) is 40.7 Å². The highest BCUT2D eigenvalue weighted by Crippen LogP contribution is 2.21. The predicted octanol–water partition coefficient (Wildman–Crippen LogP) is 3.77. The number of sulfonamides is 1. The molecule has 30 heavy (non-hydrogen) atoms. The lowest BCUT2D eigenvalue weighted by atomic mass is 10.2. The molecule has 2 aromatic carbocycles. The summed E-state index contributed by atoms with van der Waals surface area (Å²) in [5.74, 6) is 0.859. The van der Waals surface area contributed by atoms with E-state index in [0.29, 0.717) is 5.69 Å². The number of aromatic nitrogens is 1. The highest BCUT2D eigenvalue weighted by molar-refractivity contribution is 7.92. The number of aryl methyl sites for hydroxylation is 1. The zero-order valence-electron chi connectivity index (χ0n) is 17.0. The van der Waals surface area contributed by atoms with Gasteiger partial charge in [0.15, 0.2) is 0 Å². The van der Waals surface area contributed by atoms with Crippen LogP contribution in [0.5, 0.6) is 0 Å². The van der Waals surface area contributed by atoms with Gasteiger partial charge in [-0.2, -0.15) is 0 Å². The molecule has 156 valence electrons. The number of piperazine rings is 1. The number of hydrogen-bond acceptors (Lipinski definition) is 5. The zero-order chi connectivity index (χ0) is 21.0. The third kappa shape index (κ3) is 4.57. The Labute approximate surface area is 178 Å². The van der Waals surface area contributed by atoms with Crippen molar-refractivity contribution in [3.05, 3.63) is 78.5 Å². The van der Waals surface area contributed by atoms with Gasteiger partial charge in [0.25, 0.3) is 10.0 Å². The van der Waals surface area contributed by atoms with Gasteiger partial charge in [-0.25, -0.2) is 13.4 Å². The standard InChI is InChI=1S/C23H26N4O2S/c1-2-19-8-11-22(12-9-19)30(28,29)25-20-10-13-23(24-18-20)27-16-14-26(15-17-27)21-6-4-3-5-7-21/h3-13,18,25H,2,14-17H2,1H3. The van der Waals surface area contributed by atoms with Gasteiger partial charge in [0.2, 0.25) is 0 Å². The number of para-hydroxylation sites is 1. The molecular weight excluding hydrogens is 396 g/mol. The van der Waals surface area contributed by atoms with E-state index < -0.39 is 10.0 Å². The van der Waals surface area contributed by atoms with Gasteiger partial charge < -0.3 is 9.80 Å². The number of hydrogen-bond donors (Lipinski definition) is 1. The second-order valence-corrected chi connectivity index (χ2v) is 9.00. The van der Waals surface area contributed by atoms with Crippen LogP contribution in [0.3, 0.4) is 0 Å². The van der Waals surface area contributed by atoms with Gasteiger partial charge in [0.1, 0.15) is 5.82 Å². The van der Waals surface area contributed by atoms with Crippen molar-refractivity contribution in [3.8, 4) is 0 Å². The molecule has 7 heteroatoms. The Bertz CT molecular complexity index is 1060. The first kappa shape index (κ1) is 20.2. The van der Waals surface area contributed by atoms with Crippen LogP contribution in [0.15, 0.2) is 77.8 Å². The van der Waals surface area contributed by atoms with Gasteiger partial charge in [-0.1, -0.05) is 37.3 Å². The van der Waals surface area contributed by atoms with Crippen molar-refractivity contribution >= 4 is 27.2 Å². The van der Waals surface area contributed by atoms with Gasteiger partial charge in [-0.05, 0) is 48.4 Å². The molecule has 1 aliphatic heterocycles. The Morgan fingerprint density at radius 1 is 0.867 bits per heavy atom. The Hall–Kier alpha value is -3.06. The second kappa shape index (κ2) is 8.75. The maximum absolute atomic E-state index is 12.6. The molecule has 0 spiro atoms. The quantitative estimate of drug-likeness (QED) is 0.655. The van der Waals surface area contributed by atoms with Gasteiger partial charge in [-0.3, -0.25) is 4.72 Å². The molecule has 0 bridgehead atoms. The van der Waals surface area contributed by atoms with Crippen LogP contribution in [0.2, 0.25) is 0 Å². The fourth-order valence-corrected chi connectivity index (χ4v) is 4.63. The summed E-state index contributed by atoms with van der Waals surface area (Å²) < 4.78 is 27.8. The van der Waals surface area contributed by atoms with E-state index in [0.717, 1.165) is 44.0 Å². The summed E-state index contributed by atoms with van der Waals surface area (Å²) in [6.45, 7) is 5.63. The summed E-state index contributed by atoms with van der Waals surface area (Å²) >= 11 is 0. The first-order valence-electron chi connectivity index (χ1n) is 10.2. The molecule has 0 radical (unpaired) electrons. The van der Waals surface area contributed by atoms with E-state index in [1.807, 2.05) is 31.2 Å². The molecule has 1 saturated heterocycles. The third-order valence-corrected chi connectivity index (χ3v) is 6.76. The van der Waals surface area contributed by atoms with Crippen molar-refractivity contribution in [2.45, 2.75) is 18.2 Å².